The van der Waals surface area contributed by atoms with Crippen LogP contribution in [0, 0.1) is 0 Å². The number of carbonyl (C=O) groups is 1. The highest BCUT2D eigenvalue weighted by Crippen LogP contribution is 2.25. The zero-order chi connectivity index (χ0) is 11.3. The first kappa shape index (κ1) is 12.0. The molecular weight excluding hydrogens is 216 g/mol. The predicted octanol–water partition coefficient (Wildman–Crippen LogP) is 2.30. The molecule has 1 aromatic rings. The van der Waals surface area contributed by atoms with Crippen molar-refractivity contribution >= 4 is 17.4 Å². The summed E-state index contributed by atoms with van der Waals surface area (Å²) in [5, 5.41) is 9.09. The molecule has 0 radical (unpaired) electrons. The Hall–Kier alpha value is -1.06. The summed E-state index contributed by atoms with van der Waals surface area (Å²) in [5.74, 6) is 0.477. The summed E-state index contributed by atoms with van der Waals surface area (Å²) in [5.41, 5.74) is 0.560. The Bertz CT molecular complexity index is 350. The third-order valence-corrected chi connectivity index (χ3v) is 2.35. The van der Waals surface area contributed by atoms with Gasteiger partial charge in [-0.25, -0.2) is 0 Å². The van der Waals surface area contributed by atoms with Crippen molar-refractivity contribution in [2.75, 3.05) is 13.7 Å². The van der Waals surface area contributed by atoms with E-state index in [-0.39, 0.29) is 12.4 Å². The molecule has 0 unspecified atom stereocenters. The summed E-state index contributed by atoms with van der Waals surface area (Å²) in [6, 6.07) is 4.90. The molecule has 3 nitrogen and oxygen atoms in total. The molecule has 0 aromatic heterocycles. The van der Waals surface area contributed by atoms with Crippen LogP contribution in [0.15, 0.2) is 18.2 Å². The van der Waals surface area contributed by atoms with Gasteiger partial charge in [-0.2, -0.15) is 0 Å². The van der Waals surface area contributed by atoms with Crippen LogP contribution in [0.1, 0.15) is 23.2 Å². The molecule has 15 heavy (non-hydrogen) atoms. The number of aliphatic hydroxyl groups excluding tert-OH is 1. The third kappa shape index (κ3) is 3.22. The SMILES string of the molecule is COc1cc(C(=O)CCCO)ccc1Cl. The van der Waals surface area contributed by atoms with Gasteiger partial charge in [-0.05, 0) is 24.6 Å². The average molecular weight is 229 g/mol. The quantitative estimate of drug-likeness (QED) is 0.787. The van der Waals surface area contributed by atoms with Gasteiger partial charge in [-0.1, -0.05) is 11.6 Å². The van der Waals surface area contributed by atoms with E-state index in [2.05, 4.69) is 0 Å². The van der Waals surface area contributed by atoms with Crippen LogP contribution < -0.4 is 4.74 Å². The van der Waals surface area contributed by atoms with Crippen LogP contribution in [0.3, 0.4) is 0 Å². The molecule has 0 aliphatic rings. The molecule has 0 heterocycles. The minimum atomic E-state index is -0.0148. The second kappa shape index (κ2) is 5.73. The molecular formula is C11H13ClO3. The number of hydrogen-bond donors (Lipinski definition) is 1. The van der Waals surface area contributed by atoms with Crippen molar-refractivity contribution in [2.24, 2.45) is 0 Å². The van der Waals surface area contributed by atoms with Gasteiger partial charge in [0.15, 0.2) is 5.78 Å². The highest BCUT2D eigenvalue weighted by molar-refractivity contribution is 6.32. The summed E-state index contributed by atoms with van der Waals surface area (Å²) in [4.78, 5) is 11.6. The van der Waals surface area contributed by atoms with Crippen molar-refractivity contribution < 1.29 is 14.6 Å². The fraction of sp³-hybridized carbons (Fsp3) is 0.364. The summed E-state index contributed by atoms with van der Waals surface area (Å²) in [7, 11) is 1.50. The first-order valence-corrected chi connectivity index (χ1v) is 5.04. The van der Waals surface area contributed by atoms with Crippen LogP contribution in [0.4, 0.5) is 0 Å². The summed E-state index contributed by atoms with van der Waals surface area (Å²) >= 11 is 5.83. The Balaban J connectivity index is 2.81. The lowest BCUT2D eigenvalue weighted by atomic mass is 10.1. The van der Waals surface area contributed by atoms with Crippen molar-refractivity contribution in [3.63, 3.8) is 0 Å². The molecule has 0 saturated heterocycles. The van der Waals surface area contributed by atoms with E-state index < -0.39 is 0 Å². The number of ether oxygens (including phenoxy) is 1. The average Bonchev–Trinajstić information content (AvgIpc) is 2.26. The molecule has 0 aliphatic carbocycles. The van der Waals surface area contributed by atoms with Crippen LogP contribution >= 0.6 is 11.6 Å². The van der Waals surface area contributed by atoms with Crippen molar-refractivity contribution in [3.8, 4) is 5.75 Å². The molecule has 0 fully saturated rings. The van der Waals surface area contributed by atoms with Gasteiger partial charge in [0, 0.05) is 18.6 Å². The first-order chi connectivity index (χ1) is 7.19. The van der Waals surface area contributed by atoms with Gasteiger partial charge in [0.25, 0.3) is 0 Å². The molecule has 0 atom stereocenters. The molecule has 0 bridgehead atoms. The Kier molecular flexibility index (Phi) is 4.59. The van der Waals surface area contributed by atoms with Gasteiger partial charge < -0.3 is 9.84 Å². The molecule has 82 valence electrons. The molecule has 1 rings (SSSR count). The third-order valence-electron chi connectivity index (χ3n) is 2.04. The van der Waals surface area contributed by atoms with E-state index in [9.17, 15) is 4.79 Å². The smallest absolute Gasteiger partial charge is 0.163 e. The van der Waals surface area contributed by atoms with Gasteiger partial charge in [0.1, 0.15) is 5.75 Å². The zero-order valence-corrected chi connectivity index (χ0v) is 9.25. The molecule has 0 amide bonds. The monoisotopic (exact) mass is 228 g/mol. The maximum absolute atomic E-state index is 11.6. The number of rotatable bonds is 5. The van der Waals surface area contributed by atoms with Crippen molar-refractivity contribution in [1.82, 2.24) is 0 Å². The van der Waals surface area contributed by atoms with E-state index in [1.54, 1.807) is 18.2 Å². The van der Waals surface area contributed by atoms with Crippen LogP contribution in [-0.4, -0.2) is 24.6 Å². The Morgan fingerprint density at radius 1 is 1.53 bits per heavy atom. The number of benzene rings is 1. The van der Waals surface area contributed by atoms with Gasteiger partial charge in [0.2, 0.25) is 0 Å². The van der Waals surface area contributed by atoms with Gasteiger partial charge in [-0.3, -0.25) is 4.79 Å². The number of hydrogen-bond acceptors (Lipinski definition) is 3. The summed E-state index contributed by atoms with van der Waals surface area (Å²) < 4.78 is 5.01. The lowest BCUT2D eigenvalue weighted by Crippen LogP contribution is -2.00. The van der Waals surface area contributed by atoms with Gasteiger partial charge in [0.05, 0.1) is 12.1 Å². The van der Waals surface area contributed by atoms with Crippen LogP contribution in [0.25, 0.3) is 0 Å². The van der Waals surface area contributed by atoms with Crippen molar-refractivity contribution in [3.05, 3.63) is 28.8 Å². The molecule has 0 saturated carbocycles. The molecule has 4 heteroatoms. The van der Waals surface area contributed by atoms with E-state index in [1.807, 2.05) is 0 Å². The summed E-state index contributed by atoms with van der Waals surface area (Å²) in [6.07, 6.45) is 0.811. The Morgan fingerprint density at radius 3 is 2.87 bits per heavy atom. The normalized spacial score (nSPS) is 10.1. The fourth-order valence-corrected chi connectivity index (χ4v) is 1.41. The maximum atomic E-state index is 11.6. The second-order valence-electron chi connectivity index (χ2n) is 3.10. The predicted molar refractivity (Wildman–Crippen MR) is 58.7 cm³/mol. The highest BCUT2D eigenvalue weighted by Gasteiger charge is 2.08. The molecule has 0 spiro atoms. The first-order valence-electron chi connectivity index (χ1n) is 4.66. The fourth-order valence-electron chi connectivity index (χ4n) is 1.22. The van der Waals surface area contributed by atoms with E-state index in [0.717, 1.165) is 0 Å². The van der Waals surface area contributed by atoms with E-state index in [0.29, 0.717) is 29.2 Å². The van der Waals surface area contributed by atoms with Gasteiger partial charge >= 0.3 is 0 Å². The van der Waals surface area contributed by atoms with Crippen LogP contribution in [-0.2, 0) is 0 Å². The van der Waals surface area contributed by atoms with Crippen LogP contribution in [0.5, 0.6) is 5.75 Å². The van der Waals surface area contributed by atoms with Gasteiger partial charge in [-0.15, -0.1) is 0 Å². The Morgan fingerprint density at radius 2 is 2.27 bits per heavy atom. The topological polar surface area (TPSA) is 46.5 Å². The number of carbonyl (C=O) groups excluding carboxylic acids is 1. The standard InChI is InChI=1S/C11H13ClO3/c1-15-11-7-8(4-5-9(11)12)10(14)3-2-6-13/h4-5,7,13H,2-3,6H2,1H3. The minimum absolute atomic E-state index is 0.0148. The molecule has 1 N–H and O–H groups in total. The minimum Gasteiger partial charge on any atom is -0.495 e. The maximum Gasteiger partial charge on any atom is 0.163 e. The lowest BCUT2D eigenvalue weighted by molar-refractivity contribution is 0.0971. The number of ketones is 1. The van der Waals surface area contributed by atoms with Crippen molar-refractivity contribution in [1.29, 1.82) is 0 Å². The van der Waals surface area contributed by atoms with Crippen molar-refractivity contribution in [2.45, 2.75) is 12.8 Å². The number of Topliss-reactive ketones (excluding diaryl/α,β-unsaturated/α-hetero) is 1. The van der Waals surface area contributed by atoms with E-state index in [1.165, 1.54) is 7.11 Å². The second-order valence-corrected chi connectivity index (χ2v) is 3.51. The number of aliphatic hydroxyl groups is 1. The van der Waals surface area contributed by atoms with Crippen LogP contribution in [0.2, 0.25) is 5.02 Å². The molecule has 1 aromatic carbocycles. The Labute approximate surface area is 93.6 Å². The zero-order valence-electron chi connectivity index (χ0n) is 8.50. The van der Waals surface area contributed by atoms with E-state index in [4.69, 9.17) is 21.4 Å². The molecule has 0 aliphatic heterocycles. The van der Waals surface area contributed by atoms with E-state index >= 15 is 0 Å². The highest BCUT2D eigenvalue weighted by atomic mass is 35.5. The summed E-state index contributed by atoms with van der Waals surface area (Å²) in [6.45, 7) is 0.0243. The number of methoxy groups -OCH3 is 1. The largest absolute Gasteiger partial charge is 0.495 e. The number of halogens is 1. The lowest BCUT2D eigenvalue weighted by Gasteiger charge is -2.05.